The Morgan fingerprint density at radius 3 is 2.67 bits per heavy atom. The van der Waals surface area contributed by atoms with Gasteiger partial charge in [-0.3, -0.25) is 4.79 Å². The van der Waals surface area contributed by atoms with Gasteiger partial charge in [-0.25, -0.2) is 0 Å². The van der Waals surface area contributed by atoms with Crippen LogP contribution in [-0.4, -0.2) is 5.91 Å². The summed E-state index contributed by atoms with van der Waals surface area (Å²) < 4.78 is 1.06. The number of halogens is 1. The van der Waals surface area contributed by atoms with Gasteiger partial charge in [-0.1, -0.05) is 53.2 Å². The molecule has 3 nitrogen and oxygen atoms in total. The summed E-state index contributed by atoms with van der Waals surface area (Å²) in [6, 6.07) is 16.2. The van der Waals surface area contributed by atoms with Crippen LogP contribution in [0.4, 0.5) is 5.69 Å². The van der Waals surface area contributed by atoms with Crippen molar-refractivity contribution in [1.82, 2.24) is 0 Å². The first kappa shape index (κ1) is 15.6. The van der Waals surface area contributed by atoms with Crippen LogP contribution >= 0.6 is 15.9 Å². The number of anilines is 1. The number of benzene rings is 2. The van der Waals surface area contributed by atoms with Gasteiger partial charge < -0.3 is 11.1 Å². The van der Waals surface area contributed by atoms with Crippen LogP contribution in [0.2, 0.25) is 0 Å². The van der Waals surface area contributed by atoms with Crippen molar-refractivity contribution in [2.75, 3.05) is 5.32 Å². The van der Waals surface area contributed by atoms with Crippen molar-refractivity contribution in [3.63, 3.8) is 0 Å². The van der Waals surface area contributed by atoms with Gasteiger partial charge in [-0.2, -0.15) is 0 Å². The molecule has 1 unspecified atom stereocenters. The molecule has 0 saturated carbocycles. The molecule has 0 radical (unpaired) electrons. The molecule has 21 heavy (non-hydrogen) atoms. The Bertz CT molecular complexity index is 628. The normalized spacial score (nSPS) is 11.9. The van der Waals surface area contributed by atoms with Gasteiger partial charge in [0.2, 0.25) is 5.91 Å². The molecule has 2 aromatic rings. The van der Waals surface area contributed by atoms with Crippen LogP contribution in [0.5, 0.6) is 0 Å². The predicted molar refractivity (Wildman–Crippen MR) is 90.1 cm³/mol. The van der Waals surface area contributed by atoms with Crippen molar-refractivity contribution in [2.24, 2.45) is 5.73 Å². The molecule has 1 amide bonds. The highest BCUT2D eigenvalue weighted by Gasteiger charge is 2.12. The Hall–Kier alpha value is -1.81. The highest BCUT2D eigenvalue weighted by Crippen LogP contribution is 2.26. The molecule has 0 heterocycles. The summed E-state index contributed by atoms with van der Waals surface area (Å²) in [5, 5.41) is 3.52. The van der Waals surface area contributed by atoms with Gasteiger partial charge in [0, 0.05) is 10.2 Å². The number of primary amides is 1. The van der Waals surface area contributed by atoms with E-state index in [1.165, 1.54) is 5.56 Å². The number of nitrogens with one attached hydrogen (secondary N) is 1. The average Bonchev–Trinajstić information content (AvgIpc) is 2.45. The first-order chi connectivity index (χ1) is 10.1. The van der Waals surface area contributed by atoms with Crippen LogP contribution in [-0.2, 0) is 11.2 Å². The van der Waals surface area contributed by atoms with Crippen LogP contribution in [0.1, 0.15) is 30.5 Å². The SMILES string of the molecule is CCC(Nc1ccccc1CC(N)=O)c1cccc(Br)c1. The molecule has 1 atom stereocenters. The predicted octanol–water partition coefficient (Wildman–Crippen LogP) is 4.04. The number of carbonyl (C=O) groups is 1. The van der Waals surface area contributed by atoms with E-state index in [9.17, 15) is 4.79 Å². The number of amides is 1. The third-order valence-corrected chi connectivity index (χ3v) is 3.86. The molecule has 0 spiro atoms. The summed E-state index contributed by atoms with van der Waals surface area (Å²) in [6.07, 6.45) is 1.19. The van der Waals surface area contributed by atoms with Gasteiger partial charge in [0.25, 0.3) is 0 Å². The summed E-state index contributed by atoms with van der Waals surface area (Å²) in [5.74, 6) is -0.320. The van der Waals surface area contributed by atoms with Crippen molar-refractivity contribution < 1.29 is 4.79 Å². The lowest BCUT2D eigenvalue weighted by Crippen LogP contribution is -2.16. The zero-order valence-corrected chi connectivity index (χ0v) is 13.6. The first-order valence-corrected chi connectivity index (χ1v) is 7.77. The summed E-state index contributed by atoms with van der Waals surface area (Å²) in [5.41, 5.74) is 8.41. The molecule has 0 aromatic heterocycles. The van der Waals surface area contributed by atoms with Gasteiger partial charge in [0.05, 0.1) is 12.5 Å². The molecule has 0 saturated heterocycles. The zero-order valence-electron chi connectivity index (χ0n) is 12.0. The molecular weight excluding hydrogens is 328 g/mol. The van der Waals surface area contributed by atoms with E-state index in [0.717, 1.165) is 22.1 Å². The number of hydrogen-bond donors (Lipinski definition) is 2. The van der Waals surface area contributed by atoms with Gasteiger partial charge in [0.15, 0.2) is 0 Å². The van der Waals surface area contributed by atoms with E-state index in [-0.39, 0.29) is 18.4 Å². The lowest BCUT2D eigenvalue weighted by molar-refractivity contribution is -0.117. The standard InChI is InChI=1S/C17H19BrN2O/c1-2-15(12-7-5-8-14(18)10-12)20-16-9-4-3-6-13(16)11-17(19)21/h3-10,15,20H,2,11H2,1H3,(H2,19,21). The Morgan fingerprint density at radius 2 is 2.00 bits per heavy atom. The van der Waals surface area contributed by atoms with Crippen molar-refractivity contribution in [1.29, 1.82) is 0 Å². The third kappa shape index (κ3) is 4.33. The maximum Gasteiger partial charge on any atom is 0.221 e. The average molecular weight is 347 g/mol. The van der Waals surface area contributed by atoms with Gasteiger partial charge in [0.1, 0.15) is 0 Å². The van der Waals surface area contributed by atoms with E-state index in [1.54, 1.807) is 0 Å². The number of rotatable bonds is 6. The highest BCUT2D eigenvalue weighted by molar-refractivity contribution is 9.10. The van der Waals surface area contributed by atoms with E-state index < -0.39 is 0 Å². The molecule has 0 aliphatic rings. The number of carbonyl (C=O) groups excluding carboxylic acids is 1. The molecule has 0 aliphatic heterocycles. The van der Waals surface area contributed by atoms with Gasteiger partial charge in [-0.15, -0.1) is 0 Å². The summed E-state index contributed by atoms with van der Waals surface area (Å²) in [6.45, 7) is 2.13. The van der Waals surface area contributed by atoms with E-state index in [2.05, 4.69) is 40.3 Å². The van der Waals surface area contributed by atoms with Crippen molar-refractivity contribution >= 4 is 27.5 Å². The molecule has 0 bridgehead atoms. The molecule has 0 aliphatic carbocycles. The topological polar surface area (TPSA) is 55.1 Å². The Balaban J connectivity index is 2.25. The van der Waals surface area contributed by atoms with Crippen molar-refractivity contribution in [2.45, 2.75) is 25.8 Å². The second kappa shape index (κ2) is 7.27. The van der Waals surface area contributed by atoms with Crippen LogP contribution < -0.4 is 11.1 Å². The second-order valence-corrected chi connectivity index (χ2v) is 5.88. The minimum Gasteiger partial charge on any atom is -0.378 e. The van der Waals surface area contributed by atoms with Crippen LogP contribution in [0, 0.1) is 0 Å². The molecule has 2 aromatic carbocycles. The minimum absolute atomic E-state index is 0.191. The Morgan fingerprint density at radius 1 is 1.24 bits per heavy atom. The molecule has 0 fully saturated rings. The van der Waals surface area contributed by atoms with Crippen molar-refractivity contribution in [3.05, 3.63) is 64.1 Å². The fourth-order valence-corrected chi connectivity index (χ4v) is 2.75. The number of nitrogens with two attached hydrogens (primary N) is 1. The summed E-state index contributed by atoms with van der Waals surface area (Å²) >= 11 is 3.50. The molecule has 110 valence electrons. The summed E-state index contributed by atoms with van der Waals surface area (Å²) in [4.78, 5) is 11.2. The number of para-hydroxylation sites is 1. The highest BCUT2D eigenvalue weighted by atomic mass is 79.9. The van der Waals surface area contributed by atoms with Gasteiger partial charge >= 0.3 is 0 Å². The quantitative estimate of drug-likeness (QED) is 0.829. The maximum atomic E-state index is 11.2. The third-order valence-electron chi connectivity index (χ3n) is 3.37. The Labute approximate surface area is 133 Å². The monoisotopic (exact) mass is 346 g/mol. The first-order valence-electron chi connectivity index (χ1n) is 6.98. The largest absolute Gasteiger partial charge is 0.378 e. The molecule has 4 heteroatoms. The van der Waals surface area contributed by atoms with E-state index in [4.69, 9.17) is 5.73 Å². The van der Waals surface area contributed by atoms with Gasteiger partial charge in [-0.05, 0) is 35.7 Å². The zero-order chi connectivity index (χ0) is 15.2. The van der Waals surface area contributed by atoms with Crippen LogP contribution in [0.25, 0.3) is 0 Å². The van der Waals surface area contributed by atoms with E-state index >= 15 is 0 Å². The molecule has 2 rings (SSSR count). The summed E-state index contributed by atoms with van der Waals surface area (Å²) in [7, 11) is 0. The minimum atomic E-state index is -0.320. The van der Waals surface area contributed by atoms with E-state index in [0.29, 0.717) is 0 Å². The smallest absolute Gasteiger partial charge is 0.221 e. The lowest BCUT2D eigenvalue weighted by Gasteiger charge is -2.21. The molecular formula is C17H19BrN2O. The van der Waals surface area contributed by atoms with Crippen LogP contribution in [0.3, 0.4) is 0 Å². The fourth-order valence-electron chi connectivity index (χ4n) is 2.34. The molecule has 3 N–H and O–H groups in total. The van der Waals surface area contributed by atoms with Crippen LogP contribution in [0.15, 0.2) is 53.0 Å². The van der Waals surface area contributed by atoms with E-state index in [1.807, 2.05) is 36.4 Å². The second-order valence-electron chi connectivity index (χ2n) is 4.96. The maximum absolute atomic E-state index is 11.2. The lowest BCUT2D eigenvalue weighted by atomic mass is 10.0. The van der Waals surface area contributed by atoms with Crippen molar-refractivity contribution in [3.8, 4) is 0 Å². The number of hydrogen-bond acceptors (Lipinski definition) is 2. The fraction of sp³-hybridized carbons (Fsp3) is 0.235. The Kier molecular flexibility index (Phi) is 5.39.